The van der Waals surface area contributed by atoms with Crippen molar-refractivity contribution in [3.8, 4) is 0 Å². The fourth-order valence-electron chi connectivity index (χ4n) is 5.00. The lowest BCUT2D eigenvalue weighted by atomic mass is 9.84. The van der Waals surface area contributed by atoms with Crippen LogP contribution in [-0.4, -0.2) is 60.2 Å². The normalized spacial score (nSPS) is 16.8. The Bertz CT molecular complexity index is 1390. The second-order valence-corrected chi connectivity index (χ2v) is 10.1. The van der Waals surface area contributed by atoms with Gasteiger partial charge >= 0.3 is 0 Å². The molecule has 1 spiro atoms. The average molecular weight is 539 g/mol. The van der Waals surface area contributed by atoms with Gasteiger partial charge in [-0.25, -0.2) is 13.8 Å². The van der Waals surface area contributed by atoms with Gasteiger partial charge in [0.2, 0.25) is 5.95 Å². The number of amides is 1. The molecule has 204 valence electrons. The number of carbonyl (C=O) groups is 1. The Morgan fingerprint density at radius 2 is 1.77 bits per heavy atom. The zero-order chi connectivity index (χ0) is 27.6. The molecule has 2 aliphatic heterocycles. The number of fused-ring (bicyclic) bond motifs is 2. The first-order chi connectivity index (χ1) is 18.7. The van der Waals surface area contributed by atoms with E-state index in [0.29, 0.717) is 17.7 Å². The summed E-state index contributed by atoms with van der Waals surface area (Å²) in [6.45, 7) is 2.47. The lowest BCUT2D eigenvalue weighted by Crippen LogP contribution is -2.42. The van der Waals surface area contributed by atoms with Gasteiger partial charge in [-0.1, -0.05) is 29.4 Å². The molecule has 0 aliphatic carbocycles. The number of aromatic nitrogens is 1. The molecule has 0 bridgehead atoms. The maximum absolute atomic E-state index is 14.0. The fraction of sp³-hybridized carbons (Fsp3) is 0.345. The Labute approximate surface area is 224 Å². The van der Waals surface area contributed by atoms with E-state index < -0.39 is 23.2 Å². The molecular formula is C29H29F3N4O3. The predicted molar refractivity (Wildman–Crippen MR) is 138 cm³/mol. The predicted octanol–water partition coefficient (Wildman–Crippen LogP) is 4.38. The lowest BCUT2D eigenvalue weighted by Gasteiger charge is -2.39. The van der Waals surface area contributed by atoms with E-state index in [1.807, 2.05) is 24.3 Å². The van der Waals surface area contributed by atoms with E-state index in [4.69, 9.17) is 9.57 Å². The number of likely N-dealkylation sites (tertiary alicyclic amines) is 1. The summed E-state index contributed by atoms with van der Waals surface area (Å²) < 4.78 is 47.2. The van der Waals surface area contributed by atoms with Crippen LogP contribution in [-0.2, 0) is 33.1 Å². The second-order valence-electron chi connectivity index (χ2n) is 10.1. The summed E-state index contributed by atoms with van der Waals surface area (Å²) >= 11 is 0. The van der Waals surface area contributed by atoms with Crippen LogP contribution in [0.3, 0.4) is 0 Å². The molecule has 7 nitrogen and oxygen atoms in total. The molecular weight excluding hydrogens is 509 g/mol. The molecule has 0 atom stereocenters. The zero-order valence-corrected chi connectivity index (χ0v) is 21.8. The van der Waals surface area contributed by atoms with Crippen molar-refractivity contribution in [2.75, 3.05) is 33.8 Å². The second kappa shape index (κ2) is 11.2. The van der Waals surface area contributed by atoms with Crippen LogP contribution < -0.4 is 0 Å². The van der Waals surface area contributed by atoms with Crippen LogP contribution >= 0.6 is 0 Å². The number of nitrogens with zero attached hydrogens (tertiary/aromatic N) is 4. The van der Waals surface area contributed by atoms with Crippen molar-refractivity contribution in [1.82, 2.24) is 14.8 Å². The molecule has 2 aliphatic rings. The Morgan fingerprint density at radius 1 is 1.05 bits per heavy atom. The van der Waals surface area contributed by atoms with Crippen LogP contribution in [0.15, 0.2) is 59.9 Å². The largest absolute Gasteiger partial charge is 0.385 e. The third-order valence-electron chi connectivity index (χ3n) is 7.28. The Morgan fingerprint density at radius 3 is 2.46 bits per heavy atom. The third kappa shape index (κ3) is 5.81. The third-order valence-corrected chi connectivity index (χ3v) is 7.28. The first kappa shape index (κ1) is 26.8. The summed E-state index contributed by atoms with van der Waals surface area (Å²) in [6.07, 6.45) is 3.20. The van der Waals surface area contributed by atoms with E-state index in [9.17, 15) is 18.0 Å². The number of rotatable bonds is 7. The average Bonchev–Trinajstić information content (AvgIpc) is 3.27. The monoisotopic (exact) mass is 538 g/mol. The van der Waals surface area contributed by atoms with Gasteiger partial charge < -0.3 is 14.5 Å². The maximum Gasteiger partial charge on any atom is 0.262 e. The number of pyridine rings is 1. The van der Waals surface area contributed by atoms with Crippen molar-refractivity contribution in [3.63, 3.8) is 0 Å². The molecule has 3 heterocycles. The van der Waals surface area contributed by atoms with Crippen LogP contribution in [0.1, 0.15) is 40.7 Å². The molecule has 0 unspecified atom stereocenters. The molecule has 0 saturated carbocycles. The van der Waals surface area contributed by atoms with Crippen LogP contribution in [0.4, 0.5) is 13.2 Å². The van der Waals surface area contributed by atoms with Crippen molar-refractivity contribution in [2.45, 2.75) is 31.6 Å². The van der Waals surface area contributed by atoms with Crippen molar-refractivity contribution in [1.29, 1.82) is 0 Å². The molecule has 3 aromatic rings. The van der Waals surface area contributed by atoms with Gasteiger partial charge in [0.05, 0.1) is 12.2 Å². The van der Waals surface area contributed by atoms with E-state index in [0.717, 1.165) is 61.3 Å². The quantitative estimate of drug-likeness (QED) is 0.254. The minimum absolute atomic E-state index is 0.281. The van der Waals surface area contributed by atoms with Crippen molar-refractivity contribution >= 4 is 11.6 Å². The van der Waals surface area contributed by atoms with Gasteiger partial charge in [0.1, 0.15) is 5.71 Å². The van der Waals surface area contributed by atoms with Gasteiger partial charge in [0.25, 0.3) is 5.91 Å². The first-order valence-corrected chi connectivity index (χ1v) is 12.7. The number of carbonyl (C=O) groups excluding carboxylic acids is 1. The molecule has 1 aromatic heterocycles. The molecule has 10 heteroatoms. The van der Waals surface area contributed by atoms with Crippen molar-refractivity contribution in [3.05, 3.63) is 100 Å². The molecule has 1 saturated heterocycles. The number of ether oxygens (including phenoxy) is 1. The zero-order valence-electron chi connectivity index (χ0n) is 21.8. The minimum atomic E-state index is -1.00. The maximum atomic E-state index is 14.0. The molecule has 1 fully saturated rings. The Hall–Kier alpha value is -3.76. The van der Waals surface area contributed by atoms with E-state index in [1.165, 1.54) is 17.0 Å². The van der Waals surface area contributed by atoms with Gasteiger partial charge in [-0.3, -0.25) is 9.69 Å². The molecule has 5 rings (SSSR count). The van der Waals surface area contributed by atoms with E-state index in [1.54, 1.807) is 20.3 Å². The van der Waals surface area contributed by atoms with Crippen LogP contribution in [0.25, 0.3) is 0 Å². The standard InChI is InChI=1S/C29H29F3N4O3/c1-35(2)27(37)18-39-34-28(21-7-8-24(30)25(31)13-21)20-5-3-19(4-6-20)16-36-11-9-29(10-12-36)23-15-33-26(32)14-22(23)17-38-29/h3-8,13-15H,9-12,16-18H2,1-2H3/b34-28+. The van der Waals surface area contributed by atoms with Crippen LogP contribution in [0.2, 0.25) is 0 Å². The van der Waals surface area contributed by atoms with Crippen LogP contribution in [0, 0.1) is 17.6 Å². The number of hydrogen-bond acceptors (Lipinski definition) is 6. The highest BCUT2D eigenvalue weighted by atomic mass is 19.2. The fourth-order valence-corrected chi connectivity index (χ4v) is 5.00. The summed E-state index contributed by atoms with van der Waals surface area (Å²) in [5, 5.41) is 4.09. The van der Waals surface area contributed by atoms with E-state index >= 15 is 0 Å². The van der Waals surface area contributed by atoms with Gasteiger partial charge in [0, 0.05) is 56.6 Å². The minimum Gasteiger partial charge on any atom is -0.385 e. The van der Waals surface area contributed by atoms with E-state index in [-0.39, 0.29) is 18.2 Å². The van der Waals surface area contributed by atoms with Gasteiger partial charge in [0.15, 0.2) is 18.2 Å². The number of benzene rings is 2. The lowest BCUT2D eigenvalue weighted by molar-refractivity contribution is -0.133. The highest BCUT2D eigenvalue weighted by Gasteiger charge is 2.43. The summed E-state index contributed by atoms with van der Waals surface area (Å²) in [5.41, 5.74) is 3.78. The SMILES string of the molecule is CN(C)C(=O)CO/N=C(\c1ccc(CN2CCC3(CC2)OCc2cc(F)ncc23)cc1)c1ccc(F)c(F)c1. The Kier molecular flexibility index (Phi) is 7.67. The van der Waals surface area contributed by atoms with Gasteiger partial charge in [-0.2, -0.15) is 4.39 Å². The summed E-state index contributed by atoms with van der Waals surface area (Å²) in [7, 11) is 3.20. The molecule has 0 N–H and O–H groups in total. The molecule has 0 radical (unpaired) electrons. The highest BCUT2D eigenvalue weighted by molar-refractivity contribution is 6.12. The smallest absolute Gasteiger partial charge is 0.262 e. The number of oxime groups is 1. The van der Waals surface area contributed by atoms with Crippen molar-refractivity contribution in [2.24, 2.45) is 5.16 Å². The first-order valence-electron chi connectivity index (χ1n) is 12.7. The highest BCUT2D eigenvalue weighted by Crippen LogP contribution is 2.44. The van der Waals surface area contributed by atoms with E-state index in [2.05, 4.69) is 15.0 Å². The summed E-state index contributed by atoms with van der Waals surface area (Å²) in [6, 6.07) is 12.5. The van der Waals surface area contributed by atoms with Crippen molar-refractivity contribution < 1.29 is 27.5 Å². The Balaban J connectivity index is 1.27. The summed E-state index contributed by atoms with van der Waals surface area (Å²) in [4.78, 5) is 24.7. The molecule has 1 amide bonds. The van der Waals surface area contributed by atoms with Gasteiger partial charge in [-0.05, 0) is 48.2 Å². The number of halogens is 3. The summed E-state index contributed by atoms with van der Waals surface area (Å²) in [5.74, 6) is -2.73. The number of hydrogen-bond donors (Lipinski definition) is 0. The van der Waals surface area contributed by atoms with Gasteiger partial charge in [-0.15, -0.1) is 0 Å². The number of likely N-dealkylation sites (N-methyl/N-ethyl adjacent to an activating group) is 1. The molecule has 39 heavy (non-hydrogen) atoms. The number of piperidine rings is 1. The van der Waals surface area contributed by atoms with Crippen LogP contribution in [0.5, 0.6) is 0 Å². The topological polar surface area (TPSA) is 67.3 Å². The molecule has 2 aromatic carbocycles.